The fourth-order valence-electron chi connectivity index (χ4n) is 2.67. The van der Waals surface area contributed by atoms with E-state index in [4.69, 9.17) is 5.73 Å². The van der Waals surface area contributed by atoms with Crippen LogP contribution < -0.4 is 11.1 Å². The summed E-state index contributed by atoms with van der Waals surface area (Å²) in [6.07, 6.45) is 4.58. The van der Waals surface area contributed by atoms with Crippen LogP contribution in [0.15, 0.2) is 0 Å². The third-order valence-electron chi connectivity index (χ3n) is 3.79. The number of amides is 1. The smallest absolute Gasteiger partial charge is 0.234 e. The maximum absolute atomic E-state index is 11.1. The molecule has 16 heavy (non-hydrogen) atoms. The van der Waals surface area contributed by atoms with Crippen molar-refractivity contribution in [3.8, 4) is 0 Å². The molecule has 1 saturated heterocycles. The van der Waals surface area contributed by atoms with E-state index in [-0.39, 0.29) is 11.9 Å². The highest BCUT2D eigenvalue weighted by Gasteiger charge is 2.29. The molecule has 94 valence electrons. The average molecular weight is 227 g/mol. The number of hydrogen-bond donors (Lipinski definition) is 2. The van der Waals surface area contributed by atoms with Crippen LogP contribution in [0.2, 0.25) is 0 Å². The molecule has 4 heteroatoms. The predicted octanol–water partition coefficient (Wildman–Crippen LogP) is 0.713. The van der Waals surface area contributed by atoms with Gasteiger partial charge in [0.25, 0.3) is 0 Å². The summed E-state index contributed by atoms with van der Waals surface area (Å²) in [4.78, 5) is 13.6. The van der Waals surface area contributed by atoms with Gasteiger partial charge in [-0.15, -0.1) is 0 Å². The Morgan fingerprint density at radius 2 is 2.25 bits per heavy atom. The van der Waals surface area contributed by atoms with Crippen LogP contribution in [0.5, 0.6) is 0 Å². The van der Waals surface area contributed by atoms with Crippen molar-refractivity contribution >= 4 is 5.91 Å². The van der Waals surface area contributed by atoms with E-state index in [9.17, 15) is 4.79 Å². The zero-order chi connectivity index (χ0) is 12.1. The summed E-state index contributed by atoms with van der Waals surface area (Å²) in [5, 5.41) is 2.97. The number of likely N-dealkylation sites (tertiary alicyclic amines) is 1. The topological polar surface area (TPSA) is 58.4 Å². The number of primary amides is 1. The van der Waals surface area contributed by atoms with Gasteiger partial charge in [-0.1, -0.05) is 6.92 Å². The average Bonchev–Trinajstić information content (AvgIpc) is 2.60. The molecule has 1 heterocycles. The quantitative estimate of drug-likeness (QED) is 0.703. The number of likely N-dealkylation sites (N-methyl/N-ethyl adjacent to an activating group) is 1. The van der Waals surface area contributed by atoms with Gasteiger partial charge in [0.2, 0.25) is 5.91 Å². The molecule has 0 aromatic heterocycles. The van der Waals surface area contributed by atoms with Crippen molar-refractivity contribution in [1.29, 1.82) is 0 Å². The van der Waals surface area contributed by atoms with Crippen molar-refractivity contribution in [3.05, 3.63) is 0 Å². The van der Waals surface area contributed by atoms with Gasteiger partial charge in [0.05, 0.1) is 6.04 Å². The Bertz CT molecular complexity index is 232. The van der Waals surface area contributed by atoms with Crippen LogP contribution in [0, 0.1) is 0 Å². The molecule has 0 spiro atoms. The molecule has 3 unspecified atom stereocenters. The van der Waals surface area contributed by atoms with Crippen LogP contribution in [-0.4, -0.2) is 42.5 Å². The number of carbonyl (C=O) groups excluding carboxylic acids is 1. The van der Waals surface area contributed by atoms with Gasteiger partial charge in [-0.3, -0.25) is 9.69 Å². The Morgan fingerprint density at radius 3 is 2.75 bits per heavy atom. The molecular weight excluding hydrogens is 202 g/mol. The molecule has 1 aliphatic heterocycles. The first-order valence-electron chi connectivity index (χ1n) is 6.32. The lowest BCUT2D eigenvalue weighted by Gasteiger charge is -2.28. The van der Waals surface area contributed by atoms with Gasteiger partial charge in [0, 0.05) is 18.6 Å². The normalized spacial score (nSPS) is 28.2. The second kappa shape index (κ2) is 6.21. The zero-order valence-electron chi connectivity index (χ0n) is 10.7. The van der Waals surface area contributed by atoms with Crippen LogP contribution >= 0.6 is 0 Å². The molecule has 0 radical (unpaired) electrons. The SMILES string of the molecule is CCC1CCC(C)N1CCC(NC)C(N)=O. The highest BCUT2D eigenvalue weighted by Crippen LogP contribution is 2.25. The zero-order valence-corrected chi connectivity index (χ0v) is 10.7. The fourth-order valence-corrected chi connectivity index (χ4v) is 2.67. The van der Waals surface area contributed by atoms with Gasteiger partial charge < -0.3 is 11.1 Å². The fraction of sp³-hybridized carbons (Fsp3) is 0.917. The lowest BCUT2D eigenvalue weighted by Crippen LogP contribution is -2.43. The van der Waals surface area contributed by atoms with Crippen molar-refractivity contribution in [2.45, 2.75) is 57.7 Å². The number of nitrogens with two attached hydrogens (primary N) is 1. The van der Waals surface area contributed by atoms with Crippen LogP contribution in [0.25, 0.3) is 0 Å². The maximum atomic E-state index is 11.1. The van der Waals surface area contributed by atoms with E-state index >= 15 is 0 Å². The first-order valence-corrected chi connectivity index (χ1v) is 6.32. The van der Waals surface area contributed by atoms with Crippen molar-refractivity contribution in [2.75, 3.05) is 13.6 Å². The molecule has 0 aromatic rings. The third-order valence-corrected chi connectivity index (χ3v) is 3.79. The van der Waals surface area contributed by atoms with Crippen LogP contribution in [0.4, 0.5) is 0 Å². The van der Waals surface area contributed by atoms with E-state index in [1.54, 1.807) is 7.05 Å². The largest absolute Gasteiger partial charge is 0.368 e. The molecular formula is C12H25N3O. The number of hydrogen-bond acceptors (Lipinski definition) is 3. The van der Waals surface area contributed by atoms with Gasteiger partial charge in [-0.2, -0.15) is 0 Å². The number of nitrogens with zero attached hydrogens (tertiary/aromatic N) is 1. The van der Waals surface area contributed by atoms with Gasteiger partial charge in [0.15, 0.2) is 0 Å². The van der Waals surface area contributed by atoms with Crippen LogP contribution in [0.1, 0.15) is 39.5 Å². The van der Waals surface area contributed by atoms with E-state index in [0.29, 0.717) is 12.1 Å². The van der Waals surface area contributed by atoms with E-state index in [2.05, 4.69) is 24.1 Å². The van der Waals surface area contributed by atoms with E-state index in [1.807, 2.05) is 0 Å². The molecule has 3 atom stereocenters. The van der Waals surface area contributed by atoms with Crippen LogP contribution in [0.3, 0.4) is 0 Å². The number of nitrogens with one attached hydrogen (secondary N) is 1. The Balaban J connectivity index is 2.43. The molecule has 1 rings (SSSR count). The van der Waals surface area contributed by atoms with Crippen LogP contribution in [-0.2, 0) is 4.79 Å². The summed E-state index contributed by atoms with van der Waals surface area (Å²) in [7, 11) is 1.79. The first-order chi connectivity index (χ1) is 7.60. The molecule has 0 saturated carbocycles. The van der Waals surface area contributed by atoms with Gasteiger partial charge in [-0.25, -0.2) is 0 Å². The molecule has 0 bridgehead atoms. The Kier molecular flexibility index (Phi) is 5.22. The summed E-state index contributed by atoms with van der Waals surface area (Å²) in [5.74, 6) is -0.248. The van der Waals surface area contributed by atoms with Crippen molar-refractivity contribution < 1.29 is 4.79 Å². The number of rotatable bonds is 6. The highest BCUT2D eigenvalue weighted by atomic mass is 16.1. The minimum absolute atomic E-state index is 0.190. The second-order valence-electron chi connectivity index (χ2n) is 4.76. The van der Waals surface area contributed by atoms with Crippen molar-refractivity contribution in [2.24, 2.45) is 5.73 Å². The highest BCUT2D eigenvalue weighted by molar-refractivity contribution is 5.79. The third kappa shape index (κ3) is 3.19. The van der Waals surface area contributed by atoms with E-state index < -0.39 is 0 Å². The number of carbonyl (C=O) groups is 1. The molecule has 1 amide bonds. The minimum Gasteiger partial charge on any atom is -0.368 e. The molecule has 1 aliphatic rings. The molecule has 1 fully saturated rings. The van der Waals surface area contributed by atoms with Crippen molar-refractivity contribution in [1.82, 2.24) is 10.2 Å². The minimum atomic E-state index is -0.248. The van der Waals surface area contributed by atoms with Gasteiger partial charge in [-0.05, 0) is 39.7 Å². The Labute approximate surface area is 98.6 Å². The predicted molar refractivity (Wildman–Crippen MR) is 66.1 cm³/mol. The monoisotopic (exact) mass is 227 g/mol. The lowest BCUT2D eigenvalue weighted by molar-refractivity contribution is -0.120. The van der Waals surface area contributed by atoms with Gasteiger partial charge in [0.1, 0.15) is 0 Å². The first kappa shape index (κ1) is 13.5. The summed E-state index contributed by atoms with van der Waals surface area (Å²) in [6.45, 7) is 5.47. The second-order valence-corrected chi connectivity index (χ2v) is 4.76. The Hall–Kier alpha value is -0.610. The summed E-state index contributed by atoms with van der Waals surface area (Å²) in [6, 6.07) is 1.15. The summed E-state index contributed by atoms with van der Waals surface area (Å²) >= 11 is 0. The Morgan fingerprint density at radius 1 is 1.56 bits per heavy atom. The molecule has 0 aromatic carbocycles. The van der Waals surface area contributed by atoms with Gasteiger partial charge >= 0.3 is 0 Å². The van der Waals surface area contributed by atoms with E-state index in [0.717, 1.165) is 13.0 Å². The standard InChI is InChI=1S/C12H25N3O/c1-4-10-6-5-9(2)15(10)8-7-11(14-3)12(13)16/h9-11,14H,4-8H2,1-3H3,(H2,13,16). The molecule has 4 nitrogen and oxygen atoms in total. The van der Waals surface area contributed by atoms with E-state index in [1.165, 1.54) is 19.3 Å². The maximum Gasteiger partial charge on any atom is 0.234 e. The lowest BCUT2D eigenvalue weighted by atomic mass is 10.1. The molecule has 0 aliphatic carbocycles. The summed E-state index contributed by atoms with van der Waals surface area (Å²) < 4.78 is 0. The van der Waals surface area contributed by atoms with Crippen molar-refractivity contribution in [3.63, 3.8) is 0 Å². The molecule has 3 N–H and O–H groups in total. The summed E-state index contributed by atoms with van der Waals surface area (Å²) in [5.41, 5.74) is 5.31.